The maximum absolute atomic E-state index is 13.2. The number of hydrogen-bond acceptors (Lipinski definition) is 6. The van der Waals surface area contributed by atoms with Gasteiger partial charge in [0.2, 0.25) is 15.9 Å². The topological polar surface area (TPSA) is 105 Å². The third-order valence-corrected chi connectivity index (χ3v) is 7.89. The lowest BCUT2D eigenvalue weighted by molar-refractivity contribution is -0.123. The highest BCUT2D eigenvalue weighted by atomic mass is 32.2. The van der Waals surface area contributed by atoms with E-state index in [0.29, 0.717) is 36.6 Å². The average molecular weight is 474 g/mol. The van der Waals surface area contributed by atoms with Gasteiger partial charge in [0.25, 0.3) is 5.91 Å². The SMILES string of the molecule is CCN(C(=O)C1CCN(S(=O)(=O)c2ccc3c(c2)NC(=O)CO3)CC1)c1ccc(OC)cc1. The minimum absolute atomic E-state index is 0.00615. The average Bonchev–Trinajstić information content (AvgIpc) is 2.84. The Hall–Kier alpha value is -3.11. The molecule has 9 nitrogen and oxygen atoms in total. The molecular weight excluding hydrogens is 446 g/mol. The van der Waals surface area contributed by atoms with E-state index in [9.17, 15) is 18.0 Å². The number of rotatable bonds is 6. The minimum Gasteiger partial charge on any atom is -0.497 e. The summed E-state index contributed by atoms with van der Waals surface area (Å²) in [7, 11) is -2.17. The fourth-order valence-electron chi connectivity index (χ4n) is 4.16. The molecule has 1 saturated heterocycles. The van der Waals surface area contributed by atoms with Gasteiger partial charge in [-0.1, -0.05) is 0 Å². The van der Waals surface area contributed by atoms with Gasteiger partial charge in [-0.3, -0.25) is 9.59 Å². The number of fused-ring (bicyclic) bond motifs is 1. The summed E-state index contributed by atoms with van der Waals surface area (Å²) in [5.41, 5.74) is 1.13. The smallest absolute Gasteiger partial charge is 0.262 e. The monoisotopic (exact) mass is 473 g/mol. The minimum atomic E-state index is -3.76. The third kappa shape index (κ3) is 4.67. The molecule has 2 aliphatic rings. The fraction of sp³-hybridized carbons (Fsp3) is 0.391. The van der Waals surface area contributed by atoms with E-state index in [-0.39, 0.29) is 42.3 Å². The summed E-state index contributed by atoms with van der Waals surface area (Å²) < 4.78 is 38.2. The number of piperidine rings is 1. The Morgan fingerprint density at radius 1 is 1.18 bits per heavy atom. The van der Waals surface area contributed by atoms with Crippen molar-refractivity contribution >= 4 is 33.2 Å². The number of anilines is 2. The highest BCUT2D eigenvalue weighted by Crippen LogP contribution is 2.33. The summed E-state index contributed by atoms with van der Waals surface area (Å²) >= 11 is 0. The van der Waals surface area contributed by atoms with Crippen LogP contribution in [0.3, 0.4) is 0 Å². The van der Waals surface area contributed by atoms with Crippen LogP contribution in [0.5, 0.6) is 11.5 Å². The summed E-state index contributed by atoms with van der Waals surface area (Å²) in [6.45, 7) is 2.84. The first-order valence-corrected chi connectivity index (χ1v) is 12.3. The van der Waals surface area contributed by atoms with Crippen LogP contribution in [0.2, 0.25) is 0 Å². The molecule has 176 valence electrons. The second kappa shape index (κ2) is 9.40. The zero-order valence-electron chi connectivity index (χ0n) is 18.6. The van der Waals surface area contributed by atoms with E-state index < -0.39 is 10.0 Å². The van der Waals surface area contributed by atoms with Gasteiger partial charge in [-0.25, -0.2) is 8.42 Å². The maximum atomic E-state index is 13.2. The Morgan fingerprint density at radius 3 is 2.52 bits per heavy atom. The number of hydrogen-bond donors (Lipinski definition) is 1. The van der Waals surface area contributed by atoms with Crippen LogP contribution in [-0.2, 0) is 19.6 Å². The summed E-state index contributed by atoms with van der Waals surface area (Å²) in [5, 5.41) is 2.63. The van der Waals surface area contributed by atoms with Gasteiger partial charge in [-0.05, 0) is 62.2 Å². The van der Waals surface area contributed by atoms with Gasteiger partial charge >= 0.3 is 0 Å². The molecule has 0 bridgehead atoms. The first-order chi connectivity index (χ1) is 15.8. The zero-order chi connectivity index (χ0) is 23.6. The molecule has 0 saturated carbocycles. The summed E-state index contributed by atoms with van der Waals surface area (Å²) in [6, 6.07) is 11.8. The van der Waals surface area contributed by atoms with Crippen molar-refractivity contribution in [1.29, 1.82) is 0 Å². The Morgan fingerprint density at radius 2 is 1.88 bits per heavy atom. The molecule has 10 heteroatoms. The second-order valence-electron chi connectivity index (χ2n) is 7.95. The van der Waals surface area contributed by atoms with Crippen LogP contribution in [0, 0.1) is 5.92 Å². The largest absolute Gasteiger partial charge is 0.497 e. The molecule has 0 radical (unpaired) electrons. The summed E-state index contributed by atoms with van der Waals surface area (Å²) in [4.78, 5) is 26.5. The molecule has 1 fully saturated rings. The second-order valence-corrected chi connectivity index (χ2v) is 9.89. The van der Waals surface area contributed by atoms with Crippen molar-refractivity contribution in [2.45, 2.75) is 24.7 Å². The molecule has 2 heterocycles. The van der Waals surface area contributed by atoms with Gasteiger partial charge in [-0.15, -0.1) is 0 Å². The van der Waals surface area contributed by atoms with Crippen LogP contribution < -0.4 is 19.7 Å². The van der Waals surface area contributed by atoms with Crippen molar-refractivity contribution in [2.24, 2.45) is 5.92 Å². The van der Waals surface area contributed by atoms with Crippen LogP contribution in [0.15, 0.2) is 47.4 Å². The molecule has 0 atom stereocenters. The zero-order valence-corrected chi connectivity index (χ0v) is 19.4. The molecule has 2 aromatic rings. The molecule has 4 rings (SSSR count). The Labute approximate surface area is 193 Å². The van der Waals surface area contributed by atoms with Gasteiger partial charge in [-0.2, -0.15) is 4.31 Å². The lowest BCUT2D eigenvalue weighted by Crippen LogP contribution is -2.44. The highest BCUT2D eigenvalue weighted by Gasteiger charge is 2.34. The number of carbonyl (C=O) groups excluding carboxylic acids is 2. The number of sulfonamides is 1. The Balaban J connectivity index is 1.43. The quantitative estimate of drug-likeness (QED) is 0.691. The van der Waals surface area contributed by atoms with Crippen LogP contribution in [-0.4, -0.2) is 57.9 Å². The number of amides is 2. The molecule has 2 aliphatic heterocycles. The Kier molecular flexibility index (Phi) is 6.57. The highest BCUT2D eigenvalue weighted by molar-refractivity contribution is 7.89. The molecule has 0 aromatic heterocycles. The lowest BCUT2D eigenvalue weighted by atomic mass is 9.96. The number of carbonyl (C=O) groups is 2. The first kappa shape index (κ1) is 23.1. The van der Waals surface area contributed by atoms with Gasteiger partial charge in [0.15, 0.2) is 6.61 Å². The van der Waals surface area contributed by atoms with Crippen molar-refractivity contribution in [3.63, 3.8) is 0 Å². The predicted octanol–water partition coefficient (Wildman–Crippen LogP) is 2.48. The lowest BCUT2D eigenvalue weighted by Gasteiger charge is -2.33. The number of ether oxygens (including phenoxy) is 2. The van der Waals surface area contributed by atoms with E-state index in [0.717, 1.165) is 5.69 Å². The number of benzene rings is 2. The van der Waals surface area contributed by atoms with Crippen molar-refractivity contribution in [2.75, 3.05) is 43.6 Å². The van der Waals surface area contributed by atoms with E-state index in [4.69, 9.17) is 9.47 Å². The fourth-order valence-corrected chi connectivity index (χ4v) is 5.66. The number of nitrogens with zero attached hydrogens (tertiary/aromatic N) is 2. The van der Waals surface area contributed by atoms with Crippen LogP contribution in [0.4, 0.5) is 11.4 Å². The van der Waals surface area contributed by atoms with Crippen molar-refractivity contribution in [3.05, 3.63) is 42.5 Å². The third-order valence-electron chi connectivity index (χ3n) is 5.99. The van der Waals surface area contributed by atoms with Crippen LogP contribution in [0.25, 0.3) is 0 Å². The van der Waals surface area contributed by atoms with Crippen LogP contribution in [0.1, 0.15) is 19.8 Å². The van der Waals surface area contributed by atoms with Gasteiger partial charge in [0.1, 0.15) is 11.5 Å². The van der Waals surface area contributed by atoms with Gasteiger partial charge in [0, 0.05) is 31.2 Å². The van der Waals surface area contributed by atoms with E-state index in [2.05, 4.69) is 5.32 Å². The summed E-state index contributed by atoms with van der Waals surface area (Å²) in [6.07, 6.45) is 0.880. The van der Waals surface area contributed by atoms with Gasteiger partial charge in [0.05, 0.1) is 17.7 Å². The van der Waals surface area contributed by atoms with E-state index in [1.165, 1.54) is 16.4 Å². The Bertz CT molecular complexity index is 1140. The molecule has 0 aliphatic carbocycles. The van der Waals surface area contributed by atoms with Crippen molar-refractivity contribution in [3.8, 4) is 11.5 Å². The van der Waals surface area contributed by atoms with E-state index >= 15 is 0 Å². The molecule has 2 amide bonds. The standard InChI is InChI=1S/C23H27N3O6S/c1-3-26(17-4-6-18(31-2)7-5-17)23(28)16-10-12-25(13-11-16)33(29,30)19-8-9-21-20(14-19)24-22(27)15-32-21/h4-9,14,16H,3,10-13,15H2,1-2H3,(H,24,27). The molecule has 33 heavy (non-hydrogen) atoms. The van der Waals surface area contributed by atoms with Crippen molar-refractivity contribution in [1.82, 2.24) is 4.31 Å². The molecule has 2 aromatic carbocycles. The van der Waals surface area contributed by atoms with Gasteiger partial charge < -0.3 is 19.7 Å². The molecular formula is C23H27N3O6S. The molecule has 0 spiro atoms. The predicted molar refractivity (Wildman–Crippen MR) is 123 cm³/mol. The van der Waals surface area contributed by atoms with E-state index in [1.807, 2.05) is 31.2 Å². The first-order valence-electron chi connectivity index (χ1n) is 10.9. The molecule has 0 unspecified atom stereocenters. The normalized spacial score (nSPS) is 17.0. The number of methoxy groups -OCH3 is 1. The molecule has 1 N–H and O–H groups in total. The van der Waals surface area contributed by atoms with E-state index in [1.54, 1.807) is 18.1 Å². The maximum Gasteiger partial charge on any atom is 0.262 e. The van der Waals surface area contributed by atoms with Crippen molar-refractivity contribution < 1.29 is 27.5 Å². The summed E-state index contributed by atoms with van der Waals surface area (Å²) in [5.74, 6) is 0.571. The number of nitrogens with one attached hydrogen (secondary N) is 1. The van der Waals surface area contributed by atoms with Crippen LogP contribution >= 0.6 is 0 Å².